The fourth-order valence-corrected chi connectivity index (χ4v) is 3.71. The van der Waals surface area contributed by atoms with Crippen molar-refractivity contribution in [3.8, 4) is 11.4 Å². The number of nitrogens with zero attached hydrogens (tertiary/aromatic N) is 3. The molecule has 1 aliphatic rings. The SMILES string of the molecule is CNC(=O)[C@@H](NC(=O)c1nc(-c2cc(F)ccc2F)n2c1CN(C)C(C)C2)C(C)(C)C. The van der Waals surface area contributed by atoms with E-state index in [-0.39, 0.29) is 29.0 Å². The number of carbonyl (C=O) groups is 2. The van der Waals surface area contributed by atoms with Crippen LogP contribution >= 0.6 is 0 Å². The van der Waals surface area contributed by atoms with Crippen molar-refractivity contribution in [2.75, 3.05) is 14.1 Å². The van der Waals surface area contributed by atoms with E-state index in [1.807, 2.05) is 34.7 Å². The minimum absolute atomic E-state index is 0.00396. The van der Waals surface area contributed by atoms with Gasteiger partial charge in [-0.15, -0.1) is 0 Å². The second kappa shape index (κ2) is 8.37. The van der Waals surface area contributed by atoms with Crippen LogP contribution < -0.4 is 10.6 Å². The summed E-state index contributed by atoms with van der Waals surface area (Å²) in [5, 5.41) is 5.35. The van der Waals surface area contributed by atoms with E-state index in [1.54, 1.807) is 4.57 Å². The third-order valence-corrected chi connectivity index (χ3v) is 5.71. The maximum atomic E-state index is 14.5. The van der Waals surface area contributed by atoms with E-state index in [4.69, 9.17) is 0 Å². The van der Waals surface area contributed by atoms with Gasteiger partial charge in [-0.1, -0.05) is 20.8 Å². The van der Waals surface area contributed by atoms with Crippen molar-refractivity contribution in [2.24, 2.45) is 5.41 Å². The number of amides is 2. The quantitative estimate of drug-likeness (QED) is 0.777. The van der Waals surface area contributed by atoms with Crippen LogP contribution in [0.3, 0.4) is 0 Å². The topological polar surface area (TPSA) is 79.3 Å². The molecule has 2 atom stereocenters. The number of likely N-dealkylation sites (N-methyl/N-ethyl adjacent to an activating group) is 2. The Labute approximate surface area is 180 Å². The zero-order chi connectivity index (χ0) is 23.1. The number of hydrogen-bond donors (Lipinski definition) is 2. The van der Waals surface area contributed by atoms with E-state index in [0.29, 0.717) is 18.8 Å². The van der Waals surface area contributed by atoms with Crippen molar-refractivity contribution in [1.82, 2.24) is 25.1 Å². The number of fused-ring (bicyclic) bond motifs is 1. The molecule has 2 heterocycles. The van der Waals surface area contributed by atoms with Crippen molar-refractivity contribution < 1.29 is 18.4 Å². The Morgan fingerprint density at radius 2 is 1.94 bits per heavy atom. The number of nitrogens with one attached hydrogen (secondary N) is 2. The van der Waals surface area contributed by atoms with Crippen molar-refractivity contribution in [2.45, 2.75) is 52.9 Å². The smallest absolute Gasteiger partial charge is 0.272 e. The number of hydrogen-bond acceptors (Lipinski definition) is 4. The van der Waals surface area contributed by atoms with E-state index < -0.39 is 29.0 Å². The molecule has 1 unspecified atom stereocenters. The van der Waals surface area contributed by atoms with Crippen LogP contribution in [0.15, 0.2) is 18.2 Å². The molecule has 0 aliphatic carbocycles. The van der Waals surface area contributed by atoms with E-state index in [0.717, 1.165) is 18.2 Å². The number of imidazole rings is 1. The molecule has 7 nitrogen and oxygen atoms in total. The van der Waals surface area contributed by atoms with Crippen LogP contribution in [-0.4, -0.2) is 52.4 Å². The maximum absolute atomic E-state index is 14.5. The normalized spacial score (nSPS) is 17.7. The standard InChI is InChI=1S/C22H29F2N5O2/c1-12-10-29-16(11-28(12)6)17(20(30)27-18(21(31)25-5)22(2,3)4)26-19(29)14-9-13(23)7-8-15(14)24/h7-9,12,18H,10-11H2,1-6H3,(H,25,31)(H,27,30)/t12?,18-/m1/s1. The fraction of sp³-hybridized carbons (Fsp3) is 0.500. The van der Waals surface area contributed by atoms with Crippen molar-refractivity contribution in [3.05, 3.63) is 41.2 Å². The Morgan fingerprint density at radius 1 is 1.26 bits per heavy atom. The summed E-state index contributed by atoms with van der Waals surface area (Å²) in [6.07, 6.45) is 0. The van der Waals surface area contributed by atoms with Gasteiger partial charge in [0.1, 0.15) is 23.5 Å². The van der Waals surface area contributed by atoms with Crippen LogP contribution in [0.5, 0.6) is 0 Å². The molecule has 1 aliphatic heterocycles. The third-order valence-electron chi connectivity index (χ3n) is 5.71. The largest absolute Gasteiger partial charge is 0.357 e. The highest BCUT2D eigenvalue weighted by Gasteiger charge is 2.36. The first kappa shape index (κ1) is 22.9. The Kier molecular flexibility index (Phi) is 6.18. The van der Waals surface area contributed by atoms with E-state index in [9.17, 15) is 18.4 Å². The van der Waals surface area contributed by atoms with E-state index >= 15 is 0 Å². The monoisotopic (exact) mass is 433 g/mol. The first-order valence-electron chi connectivity index (χ1n) is 10.2. The lowest BCUT2D eigenvalue weighted by Crippen LogP contribution is -2.53. The van der Waals surface area contributed by atoms with Crippen molar-refractivity contribution >= 4 is 11.8 Å². The molecule has 0 radical (unpaired) electrons. The number of rotatable bonds is 4. The molecule has 0 saturated carbocycles. The van der Waals surface area contributed by atoms with Crippen LogP contribution in [0.2, 0.25) is 0 Å². The molecule has 2 amide bonds. The van der Waals surface area contributed by atoms with Gasteiger partial charge < -0.3 is 15.2 Å². The molecule has 9 heteroatoms. The molecule has 1 aromatic heterocycles. The molecule has 1 aromatic carbocycles. The van der Waals surface area contributed by atoms with Gasteiger partial charge in [0.2, 0.25) is 5.91 Å². The molecule has 0 saturated heterocycles. The van der Waals surface area contributed by atoms with Gasteiger partial charge in [0, 0.05) is 26.2 Å². The summed E-state index contributed by atoms with van der Waals surface area (Å²) >= 11 is 0. The van der Waals surface area contributed by atoms with Gasteiger partial charge in [-0.25, -0.2) is 13.8 Å². The zero-order valence-corrected chi connectivity index (χ0v) is 18.7. The van der Waals surface area contributed by atoms with Gasteiger partial charge in [0.05, 0.1) is 11.3 Å². The first-order valence-corrected chi connectivity index (χ1v) is 10.2. The average Bonchev–Trinajstić information content (AvgIpc) is 3.05. The van der Waals surface area contributed by atoms with Crippen LogP contribution in [0.4, 0.5) is 8.78 Å². The van der Waals surface area contributed by atoms with Gasteiger partial charge in [0.15, 0.2) is 5.69 Å². The number of halogens is 2. The summed E-state index contributed by atoms with van der Waals surface area (Å²) in [5.41, 5.74) is 0.158. The second-order valence-electron chi connectivity index (χ2n) is 9.12. The summed E-state index contributed by atoms with van der Waals surface area (Å²) in [6.45, 7) is 8.43. The molecular formula is C22H29F2N5O2. The molecule has 0 fully saturated rings. The molecule has 168 valence electrons. The predicted molar refractivity (Wildman–Crippen MR) is 113 cm³/mol. The van der Waals surface area contributed by atoms with Gasteiger partial charge in [-0.2, -0.15) is 0 Å². The van der Waals surface area contributed by atoms with Gasteiger partial charge in [0.25, 0.3) is 5.91 Å². The number of aromatic nitrogens is 2. The van der Waals surface area contributed by atoms with Crippen LogP contribution in [0, 0.1) is 17.0 Å². The average molecular weight is 434 g/mol. The Morgan fingerprint density at radius 3 is 2.55 bits per heavy atom. The lowest BCUT2D eigenvalue weighted by Gasteiger charge is -2.32. The van der Waals surface area contributed by atoms with E-state index in [2.05, 4.69) is 20.5 Å². The molecule has 31 heavy (non-hydrogen) atoms. The van der Waals surface area contributed by atoms with Crippen molar-refractivity contribution in [1.29, 1.82) is 0 Å². The molecular weight excluding hydrogens is 404 g/mol. The van der Waals surface area contributed by atoms with Crippen LogP contribution in [0.25, 0.3) is 11.4 Å². The lowest BCUT2D eigenvalue weighted by atomic mass is 9.86. The Bertz CT molecular complexity index is 1010. The number of benzene rings is 1. The van der Waals surface area contributed by atoms with Crippen LogP contribution in [-0.2, 0) is 17.9 Å². The van der Waals surface area contributed by atoms with Gasteiger partial charge in [-0.05, 0) is 37.6 Å². The third kappa shape index (κ3) is 4.46. The number of carbonyl (C=O) groups excluding carboxylic acids is 2. The predicted octanol–water partition coefficient (Wildman–Crippen LogP) is 2.55. The zero-order valence-electron chi connectivity index (χ0n) is 18.7. The van der Waals surface area contributed by atoms with E-state index in [1.165, 1.54) is 7.05 Å². The van der Waals surface area contributed by atoms with Gasteiger partial charge in [-0.3, -0.25) is 14.5 Å². The molecule has 0 bridgehead atoms. The Balaban J connectivity index is 2.10. The summed E-state index contributed by atoms with van der Waals surface area (Å²) < 4.78 is 30.2. The fourth-order valence-electron chi connectivity index (χ4n) is 3.71. The summed E-state index contributed by atoms with van der Waals surface area (Å²) in [6, 6.07) is 2.49. The molecule has 0 spiro atoms. The van der Waals surface area contributed by atoms with Crippen molar-refractivity contribution in [3.63, 3.8) is 0 Å². The minimum atomic E-state index is -0.794. The summed E-state index contributed by atoms with van der Waals surface area (Å²) in [7, 11) is 3.43. The maximum Gasteiger partial charge on any atom is 0.272 e. The highest BCUT2D eigenvalue weighted by molar-refractivity contribution is 5.98. The first-order chi connectivity index (χ1) is 14.4. The molecule has 2 N–H and O–H groups in total. The Hall–Kier alpha value is -2.81. The summed E-state index contributed by atoms with van der Waals surface area (Å²) in [4.78, 5) is 32.1. The second-order valence-corrected chi connectivity index (χ2v) is 9.12. The summed E-state index contributed by atoms with van der Waals surface area (Å²) in [5.74, 6) is -1.86. The minimum Gasteiger partial charge on any atom is -0.357 e. The van der Waals surface area contributed by atoms with Gasteiger partial charge >= 0.3 is 0 Å². The van der Waals surface area contributed by atoms with Crippen LogP contribution in [0.1, 0.15) is 43.9 Å². The molecule has 3 rings (SSSR count). The lowest BCUT2D eigenvalue weighted by molar-refractivity contribution is -0.124. The highest BCUT2D eigenvalue weighted by Crippen LogP contribution is 2.30. The highest BCUT2D eigenvalue weighted by atomic mass is 19.1. The molecule has 2 aromatic rings.